The third-order valence-electron chi connectivity index (χ3n) is 9.44. The monoisotopic (exact) mass is 655 g/mol. The van der Waals surface area contributed by atoms with E-state index in [-0.39, 0.29) is 44.1 Å². The molecule has 258 valence electrons. The molecule has 1 aromatic carbocycles. The molecule has 1 saturated carbocycles. The van der Waals surface area contributed by atoms with E-state index >= 15 is 0 Å². The van der Waals surface area contributed by atoms with Crippen molar-refractivity contribution >= 4 is 17.3 Å². The smallest absolute Gasteiger partial charge is 0.401 e. The van der Waals surface area contributed by atoms with Gasteiger partial charge in [0.15, 0.2) is 0 Å². The molecule has 1 aromatic rings. The van der Waals surface area contributed by atoms with Gasteiger partial charge in [-0.25, -0.2) is 4.99 Å². The molecule has 1 amide bonds. The first-order valence-corrected chi connectivity index (χ1v) is 16.9. The third-order valence-corrected chi connectivity index (χ3v) is 9.44. The van der Waals surface area contributed by atoms with E-state index in [1.165, 1.54) is 37.2 Å². The lowest BCUT2D eigenvalue weighted by atomic mass is 9.87. The molecule has 2 unspecified atom stereocenters. The number of hydrogen-bond donors (Lipinski definition) is 2. The first-order chi connectivity index (χ1) is 22.4. The van der Waals surface area contributed by atoms with E-state index in [1.807, 2.05) is 45.2 Å². The van der Waals surface area contributed by atoms with Crippen LogP contribution in [0.2, 0.25) is 0 Å². The van der Waals surface area contributed by atoms with Crippen molar-refractivity contribution in [3.8, 4) is 0 Å². The van der Waals surface area contributed by atoms with Crippen molar-refractivity contribution in [1.29, 1.82) is 0 Å². The van der Waals surface area contributed by atoms with Crippen LogP contribution in [0.25, 0.3) is 5.70 Å². The number of allylic oxidation sites excluding steroid dienone is 4. The van der Waals surface area contributed by atoms with E-state index in [0.29, 0.717) is 6.10 Å². The molecular weight excluding hydrogens is 603 g/mol. The van der Waals surface area contributed by atoms with Crippen molar-refractivity contribution < 1.29 is 28.9 Å². The molecule has 0 bridgehead atoms. The molecule has 0 aromatic heterocycles. The Morgan fingerprint density at radius 3 is 2.66 bits per heavy atom. The maximum Gasteiger partial charge on any atom is 0.401 e. The maximum absolute atomic E-state index is 13.5. The number of methoxy groups -OCH3 is 1. The zero-order valence-electron chi connectivity index (χ0n) is 28.7. The Labute approximate surface area is 279 Å². The molecule has 0 spiro atoms. The van der Waals surface area contributed by atoms with Gasteiger partial charge in [-0.3, -0.25) is 4.79 Å². The van der Waals surface area contributed by atoms with Gasteiger partial charge >= 0.3 is 6.18 Å². The number of rotatable bonds is 11. The number of alkyl halides is 3. The van der Waals surface area contributed by atoms with Gasteiger partial charge < -0.3 is 20.1 Å². The molecule has 2 fully saturated rings. The first kappa shape index (κ1) is 36.2. The van der Waals surface area contributed by atoms with Crippen molar-refractivity contribution in [3.63, 3.8) is 0 Å². The number of benzene rings is 1. The molecule has 3 atom stereocenters. The number of fused-ring (bicyclic) bond motifs is 1. The lowest BCUT2D eigenvalue weighted by Crippen LogP contribution is -2.35. The predicted octanol–water partition coefficient (Wildman–Crippen LogP) is 8.90. The number of aliphatic imine (C=N–C) groups is 1. The average molecular weight is 656 g/mol. The maximum atomic E-state index is 13.5. The summed E-state index contributed by atoms with van der Waals surface area (Å²) >= 11 is 0. The van der Waals surface area contributed by atoms with Gasteiger partial charge in [-0.05, 0) is 112 Å². The van der Waals surface area contributed by atoms with Gasteiger partial charge in [0.25, 0.3) is 0 Å². The molecule has 6 nitrogen and oxygen atoms in total. The van der Waals surface area contributed by atoms with Gasteiger partial charge in [-0.15, -0.1) is 0 Å². The minimum atomic E-state index is -4.41. The van der Waals surface area contributed by atoms with Gasteiger partial charge in [0, 0.05) is 25.5 Å². The second kappa shape index (κ2) is 15.5. The van der Waals surface area contributed by atoms with Crippen LogP contribution in [0.4, 0.5) is 13.2 Å². The second-order valence-electron chi connectivity index (χ2n) is 12.9. The van der Waals surface area contributed by atoms with Crippen LogP contribution >= 0.6 is 0 Å². The summed E-state index contributed by atoms with van der Waals surface area (Å²) in [4.78, 5) is 17.7. The number of nitrogens with one attached hydrogen (secondary N) is 2. The number of aryl methyl sites for hydroxylation is 1. The molecule has 1 saturated heterocycles. The van der Waals surface area contributed by atoms with Crippen molar-refractivity contribution in [2.24, 2.45) is 16.3 Å². The van der Waals surface area contributed by atoms with E-state index < -0.39 is 11.6 Å². The highest BCUT2D eigenvalue weighted by molar-refractivity contribution is 6.06. The van der Waals surface area contributed by atoms with Crippen molar-refractivity contribution in [2.75, 3.05) is 13.7 Å². The zero-order chi connectivity index (χ0) is 34.4. The van der Waals surface area contributed by atoms with E-state index in [0.717, 1.165) is 59.9 Å². The summed E-state index contributed by atoms with van der Waals surface area (Å²) in [5.41, 5.74) is 5.16. The highest BCUT2D eigenvalue weighted by Gasteiger charge is 2.66. The summed E-state index contributed by atoms with van der Waals surface area (Å²) in [5, 5.41) is 6.11. The standard InChI is InChI=1S/C36H44F3N3O3.C2H6.H2/c1-22-15-29(10-9-28(22)20-34(43)41-24(3)17-33(44-5)35(12-13-35)36(37,38)39)32-21-40-30-19-27(23(2)16-31(30)42-32)8-6-7-26-11-14-45-25(4)18-26;1-2;/h9-10,15-17,19,21,25-26,30,40H,3,6-8,11-14,18,20H2,1-2,4-5H3,(H,41,43);1-2H3;1H/b33-17-;;/t25-,26?,30?;;/m0../s1. The number of hydrogen-bond acceptors (Lipinski definition) is 5. The van der Waals surface area contributed by atoms with Crippen LogP contribution in [0.3, 0.4) is 0 Å². The lowest BCUT2D eigenvalue weighted by Gasteiger charge is -2.28. The SMILES string of the molecule is C=C(/C=C(\OC)C1(C(F)(F)F)CC1)NC(=O)Cc1ccc(C2=CNC3C=C(CCCC4CCO[C@@H](C)C4)C(C)=CC3=N2)cc1C.CC.[HH]. The number of halogens is 3. The number of amides is 1. The Morgan fingerprint density at radius 2 is 2.02 bits per heavy atom. The largest absolute Gasteiger partial charge is 0.500 e. The first-order valence-electron chi connectivity index (χ1n) is 16.9. The fourth-order valence-corrected chi connectivity index (χ4v) is 6.59. The molecule has 2 N–H and O–H groups in total. The Kier molecular flexibility index (Phi) is 12.0. The van der Waals surface area contributed by atoms with E-state index in [1.54, 1.807) is 0 Å². The fraction of sp³-hybridized carbons (Fsp3) is 0.526. The number of ether oxygens (including phenoxy) is 2. The van der Waals surface area contributed by atoms with Crippen molar-refractivity contribution in [1.82, 2.24) is 10.6 Å². The topological polar surface area (TPSA) is 72.0 Å². The van der Waals surface area contributed by atoms with Crippen LogP contribution in [0.15, 0.2) is 76.8 Å². The molecule has 4 aliphatic rings. The summed E-state index contributed by atoms with van der Waals surface area (Å²) in [6, 6.07) is 5.87. The molecule has 5 rings (SSSR count). The van der Waals surface area contributed by atoms with Gasteiger partial charge in [0.05, 0.1) is 37.1 Å². The van der Waals surface area contributed by atoms with Gasteiger partial charge in [-0.2, -0.15) is 13.2 Å². The Bertz CT molecular complexity index is 1490. The van der Waals surface area contributed by atoms with Crippen molar-refractivity contribution in [2.45, 2.75) is 104 Å². The Morgan fingerprint density at radius 1 is 1.28 bits per heavy atom. The highest BCUT2D eigenvalue weighted by Crippen LogP contribution is 2.62. The molecule has 2 aliphatic heterocycles. The summed E-state index contributed by atoms with van der Waals surface area (Å²) < 4.78 is 51.2. The van der Waals surface area contributed by atoms with Crippen LogP contribution in [0.1, 0.15) is 90.8 Å². The number of carbonyl (C=O) groups excluding carboxylic acids is 1. The minimum Gasteiger partial charge on any atom is -0.500 e. The molecular formula is C38H52F3N3O3. The molecule has 9 heteroatoms. The van der Waals surface area contributed by atoms with Crippen LogP contribution in [0, 0.1) is 18.3 Å². The predicted molar refractivity (Wildman–Crippen MR) is 185 cm³/mol. The molecule has 2 heterocycles. The normalized spacial score (nSPS) is 23.3. The molecule has 47 heavy (non-hydrogen) atoms. The summed E-state index contributed by atoms with van der Waals surface area (Å²) in [7, 11) is 1.20. The van der Waals surface area contributed by atoms with Gasteiger partial charge in [0.1, 0.15) is 11.2 Å². The number of carbonyl (C=O) groups is 1. The molecule has 2 aliphatic carbocycles. The second-order valence-corrected chi connectivity index (χ2v) is 12.9. The Balaban J connectivity index is 0.00000204. The van der Waals surface area contributed by atoms with Crippen LogP contribution in [-0.2, 0) is 20.7 Å². The van der Waals surface area contributed by atoms with E-state index in [4.69, 9.17) is 14.5 Å². The average Bonchev–Trinajstić information content (AvgIpc) is 3.84. The summed E-state index contributed by atoms with van der Waals surface area (Å²) in [5.74, 6) is 0.164. The van der Waals surface area contributed by atoms with E-state index in [2.05, 4.69) is 43.2 Å². The highest BCUT2D eigenvalue weighted by atomic mass is 19.4. The fourth-order valence-electron chi connectivity index (χ4n) is 6.59. The van der Waals surface area contributed by atoms with Crippen LogP contribution in [0.5, 0.6) is 0 Å². The Hall–Kier alpha value is -3.59. The van der Waals surface area contributed by atoms with E-state index in [9.17, 15) is 18.0 Å². The third kappa shape index (κ3) is 8.86. The minimum absolute atomic E-state index is 0. The van der Waals surface area contributed by atoms with Crippen LogP contribution < -0.4 is 10.6 Å². The quantitative estimate of drug-likeness (QED) is 0.185. The van der Waals surface area contributed by atoms with Gasteiger partial charge in [-0.1, -0.05) is 38.6 Å². The lowest BCUT2D eigenvalue weighted by molar-refractivity contribution is -0.184. The number of nitrogens with zero attached hydrogens (tertiary/aromatic N) is 1. The van der Waals surface area contributed by atoms with Gasteiger partial charge in [0.2, 0.25) is 5.91 Å². The van der Waals surface area contributed by atoms with Crippen LogP contribution in [-0.4, -0.2) is 43.7 Å². The zero-order valence-corrected chi connectivity index (χ0v) is 28.7. The summed E-state index contributed by atoms with van der Waals surface area (Å²) in [6.45, 7) is 14.9. The van der Waals surface area contributed by atoms with Crippen molar-refractivity contribution in [3.05, 3.63) is 88.5 Å². The summed E-state index contributed by atoms with van der Waals surface area (Å²) in [6.07, 6.45) is 9.35. The molecule has 0 radical (unpaired) electrons.